The summed E-state index contributed by atoms with van der Waals surface area (Å²) in [4.78, 5) is 20.2. The van der Waals surface area contributed by atoms with Crippen molar-refractivity contribution in [3.05, 3.63) is 58.3 Å². The molecule has 0 bridgehead atoms. The van der Waals surface area contributed by atoms with Crippen LogP contribution in [0.4, 0.5) is 0 Å². The molecule has 22 heavy (non-hydrogen) atoms. The van der Waals surface area contributed by atoms with Crippen molar-refractivity contribution in [2.24, 2.45) is 4.99 Å². The van der Waals surface area contributed by atoms with Crippen molar-refractivity contribution in [2.75, 3.05) is 0 Å². The zero-order valence-corrected chi connectivity index (χ0v) is 12.9. The molecule has 5 nitrogen and oxygen atoms in total. The van der Waals surface area contributed by atoms with Crippen LogP contribution in [0.15, 0.2) is 46.6 Å². The van der Waals surface area contributed by atoms with Crippen LogP contribution in [0.1, 0.15) is 37.8 Å². The van der Waals surface area contributed by atoms with E-state index >= 15 is 0 Å². The van der Waals surface area contributed by atoms with Crippen LogP contribution < -0.4 is 5.56 Å². The lowest BCUT2D eigenvalue weighted by molar-refractivity contribution is 0.474. The third-order valence-electron chi connectivity index (χ3n) is 3.46. The van der Waals surface area contributed by atoms with Crippen molar-refractivity contribution in [2.45, 2.75) is 26.7 Å². The van der Waals surface area contributed by atoms with Crippen LogP contribution in [0.5, 0.6) is 5.75 Å². The second-order valence-electron chi connectivity index (χ2n) is 5.32. The fourth-order valence-corrected chi connectivity index (χ4v) is 2.20. The molecule has 0 aliphatic carbocycles. The first-order valence-corrected chi connectivity index (χ1v) is 7.00. The summed E-state index contributed by atoms with van der Waals surface area (Å²) in [6.07, 6.45) is 8.26. The predicted molar refractivity (Wildman–Crippen MR) is 89.6 cm³/mol. The Hall–Kier alpha value is -2.69. The minimum absolute atomic E-state index is 0.0105. The van der Waals surface area contributed by atoms with Gasteiger partial charge in [-0.1, -0.05) is 19.9 Å². The molecule has 0 saturated carbocycles. The maximum atomic E-state index is 12.4. The first kappa shape index (κ1) is 15.7. The summed E-state index contributed by atoms with van der Waals surface area (Å²) in [6.45, 7) is 9.09. The second kappa shape index (κ2) is 6.39. The van der Waals surface area contributed by atoms with Crippen molar-refractivity contribution in [1.82, 2.24) is 9.38 Å². The van der Waals surface area contributed by atoms with Gasteiger partial charge in [-0.3, -0.25) is 14.2 Å². The monoisotopic (exact) mass is 297 g/mol. The van der Waals surface area contributed by atoms with Crippen LogP contribution in [0.2, 0.25) is 0 Å². The number of fused-ring (bicyclic) bond motifs is 1. The lowest BCUT2D eigenvalue weighted by atomic mass is 10.1. The zero-order valence-electron chi connectivity index (χ0n) is 12.9. The average molecular weight is 297 g/mol. The van der Waals surface area contributed by atoms with Gasteiger partial charge >= 0.3 is 0 Å². The van der Waals surface area contributed by atoms with Crippen molar-refractivity contribution in [3.63, 3.8) is 0 Å². The van der Waals surface area contributed by atoms with Gasteiger partial charge < -0.3 is 5.11 Å². The highest BCUT2D eigenvalue weighted by Crippen LogP contribution is 2.27. The highest BCUT2D eigenvalue weighted by molar-refractivity contribution is 5.75. The standard InChI is InChI=1S/C17H19N3O2/c1-11(2)14-10-19-16-15(21)13(7-9-20(16)17(14)22)12(3)6-5-8-18-4/h5-11,21H,4H2,1-3H3/b8-5-,12-6+. The summed E-state index contributed by atoms with van der Waals surface area (Å²) in [7, 11) is 0. The smallest absolute Gasteiger partial charge is 0.261 e. The molecule has 0 spiro atoms. The topological polar surface area (TPSA) is 67.0 Å². The first-order valence-electron chi connectivity index (χ1n) is 7.00. The van der Waals surface area contributed by atoms with Crippen LogP contribution in [0.3, 0.4) is 0 Å². The quantitative estimate of drug-likeness (QED) is 0.696. The van der Waals surface area contributed by atoms with Gasteiger partial charge in [0.25, 0.3) is 5.56 Å². The zero-order chi connectivity index (χ0) is 16.3. The molecule has 0 amide bonds. The molecule has 0 aliphatic heterocycles. The highest BCUT2D eigenvalue weighted by atomic mass is 16.3. The van der Waals surface area contributed by atoms with Crippen molar-refractivity contribution < 1.29 is 5.11 Å². The Kier molecular flexibility index (Phi) is 4.56. The molecule has 5 heteroatoms. The molecule has 0 atom stereocenters. The fraction of sp³-hybridized carbons (Fsp3) is 0.235. The molecule has 0 unspecified atom stereocenters. The number of aromatic nitrogens is 2. The molecule has 2 aromatic rings. The van der Waals surface area contributed by atoms with Gasteiger partial charge in [0.15, 0.2) is 11.4 Å². The van der Waals surface area contributed by atoms with E-state index in [4.69, 9.17) is 0 Å². The molecule has 0 aromatic carbocycles. The summed E-state index contributed by atoms with van der Waals surface area (Å²) in [6, 6.07) is 1.70. The molecule has 0 saturated heterocycles. The van der Waals surface area contributed by atoms with E-state index in [1.807, 2.05) is 20.8 Å². The lowest BCUT2D eigenvalue weighted by Gasteiger charge is -2.11. The Labute approximate surface area is 129 Å². The highest BCUT2D eigenvalue weighted by Gasteiger charge is 2.13. The van der Waals surface area contributed by atoms with Crippen LogP contribution in [-0.2, 0) is 0 Å². The van der Waals surface area contributed by atoms with Crippen LogP contribution >= 0.6 is 0 Å². The summed E-state index contributed by atoms with van der Waals surface area (Å²) in [5.74, 6) is 0.0699. The number of aromatic hydroxyl groups is 1. The van der Waals surface area contributed by atoms with Crippen LogP contribution in [0, 0.1) is 0 Å². The third kappa shape index (κ3) is 2.83. The van der Waals surface area contributed by atoms with Crippen LogP contribution in [-0.4, -0.2) is 21.2 Å². The maximum absolute atomic E-state index is 12.4. The maximum Gasteiger partial charge on any atom is 0.261 e. The number of hydrogen-bond acceptors (Lipinski definition) is 4. The van der Waals surface area contributed by atoms with Gasteiger partial charge in [0.2, 0.25) is 0 Å². The number of rotatable bonds is 4. The van der Waals surface area contributed by atoms with Crippen molar-refractivity contribution in [1.29, 1.82) is 0 Å². The average Bonchev–Trinajstić information content (AvgIpc) is 2.48. The van der Waals surface area contributed by atoms with Gasteiger partial charge in [0.1, 0.15) is 0 Å². The summed E-state index contributed by atoms with van der Waals surface area (Å²) in [5, 5.41) is 10.4. The summed E-state index contributed by atoms with van der Waals surface area (Å²) < 4.78 is 1.38. The molecule has 1 N–H and O–H groups in total. The van der Waals surface area contributed by atoms with Gasteiger partial charge in [0.05, 0.1) is 0 Å². The van der Waals surface area contributed by atoms with E-state index in [9.17, 15) is 9.90 Å². The van der Waals surface area contributed by atoms with E-state index in [1.54, 1.807) is 30.6 Å². The van der Waals surface area contributed by atoms with Gasteiger partial charge in [-0.05, 0) is 37.3 Å². The largest absolute Gasteiger partial charge is 0.504 e. The third-order valence-corrected chi connectivity index (χ3v) is 3.46. The van der Waals surface area contributed by atoms with E-state index in [2.05, 4.69) is 16.7 Å². The van der Waals surface area contributed by atoms with Crippen LogP contribution in [0.25, 0.3) is 11.2 Å². The van der Waals surface area contributed by atoms with E-state index in [1.165, 1.54) is 10.6 Å². The normalized spacial score (nSPS) is 12.5. The molecule has 2 aromatic heterocycles. The van der Waals surface area contributed by atoms with Crippen molar-refractivity contribution in [3.8, 4) is 5.75 Å². The van der Waals surface area contributed by atoms with Gasteiger partial charge in [-0.25, -0.2) is 4.98 Å². The lowest BCUT2D eigenvalue weighted by Crippen LogP contribution is -2.20. The van der Waals surface area contributed by atoms with Gasteiger partial charge in [-0.15, -0.1) is 0 Å². The molecule has 0 fully saturated rings. The first-order chi connectivity index (χ1) is 10.5. The molecule has 0 aliphatic rings. The van der Waals surface area contributed by atoms with E-state index in [0.29, 0.717) is 11.1 Å². The minimum Gasteiger partial charge on any atom is -0.504 e. The molecule has 114 valence electrons. The summed E-state index contributed by atoms with van der Waals surface area (Å²) in [5.41, 5.74) is 2.18. The van der Waals surface area contributed by atoms with E-state index < -0.39 is 0 Å². The van der Waals surface area contributed by atoms with Crippen molar-refractivity contribution >= 4 is 17.9 Å². The summed E-state index contributed by atoms with van der Waals surface area (Å²) >= 11 is 0. The van der Waals surface area contributed by atoms with Gasteiger partial charge in [-0.2, -0.15) is 0 Å². The Balaban J connectivity index is 2.63. The molecular weight excluding hydrogens is 278 g/mol. The fourth-order valence-electron chi connectivity index (χ4n) is 2.20. The molecule has 2 rings (SSSR count). The Morgan fingerprint density at radius 1 is 1.50 bits per heavy atom. The SMILES string of the molecule is C=N/C=C\C=C(/C)c1ccn2c(=O)c(C(C)C)cnc2c1O. The number of pyridine rings is 1. The molecule has 0 radical (unpaired) electrons. The van der Waals surface area contributed by atoms with Gasteiger partial charge in [0, 0.05) is 29.7 Å². The van der Waals surface area contributed by atoms with E-state index in [-0.39, 0.29) is 22.9 Å². The molecule has 2 heterocycles. The minimum atomic E-state index is -0.153. The number of hydrogen-bond donors (Lipinski definition) is 1. The number of nitrogens with zero attached hydrogens (tertiary/aromatic N) is 3. The predicted octanol–water partition coefficient (Wildman–Crippen LogP) is 3.14. The Morgan fingerprint density at radius 3 is 2.86 bits per heavy atom. The number of allylic oxidation sites excluding steroid dienone is 3. The van der Waals surface area contributed by atoms with E-state index in [0.717, 1.165) is 5.57 Å². The Morgan fingerprint density at radius 2 is 2.23 bits per heavy atom. The molecular formula is C17H19N3O2. The second-order valence-corrected chi connectivity index (χ2v) is 5.32. The number of aliphatic imine (C=N–C) groups is 1. The Bertz CT molecular complexity index is 830.